The molecule has 0 aliphatic heterocycles. The van der Waals surface area contributed by atoms with Gasteiger partial charge in [0.2, 0.25) is 5.91 Å². The molecule has 4 aliphatic carbocycles. The Labute approximate surface area is 158 Å². The smallest absolute Gasteiger partial charge is 0.312 e. The summed E-state index contributed by atoms with van der Waals surface area (Å²) < 4.78 is 24.0. The van der Waals surface area contributed by atoms with Crippen LogP contribution in [0.2, 0.25) is 0 Å². The predicted molar refractivity (Wildman–Crippen MR) is 96.5 cm³/mol. The molecule has 27 heavy (non-hydrogen) atoms. The third-order valence-corrected chi connectivity index (χ3v) is 6.33. The molecule has 146 valence electrons. The van der Waals surface area contributed by atoms with Crippen molar-refractivity contribution in [1.29, 1.82) is 0 Å². The van der Waals surface area contributed by atoms with E-state index in [4.69, 9.17) is 9.47 Å². The molecule has 1 aromatic carbocycles. The van der Waals surface area contributed by atoms with Gasteiger partial charge in [0.25, 0.3) is 0 Å². The van der Waals surface area contributed by atoms with Crippen molar-refractivity contribution in [2.24, 2.45) is 17.3 Å². The first kappa shape index (κ1) is 18.3. The molecule has 1 amide bonds. The van der Waals surface area contributed by atoms with Crippen LogP contribution in [0, 0.1) is 23.1 Å². The van der Waals surface area contributed by atoms with E-state index in [-0.39, 0.29) is 36.4 Å². The van der Waals surface area contributed by atoms with E-state index in [0.717, 1.165) is 32.1 Å². The van der Waals surface area contributed by atoms with Crippen molar-refractivity contribution in [2.45, 2.75) is 51.0 Å². The fourth-order valence-electron chi connectivity index (χ4n) is 6.00. The zero-order valence-corrected chi connectivity index (χ0v) is 15.6. The van der Waals surface area contributed by atoms with Crippen molar-refractivity contribution < 1.29 is 23.5 Å². The van der Waals surface area contributed by atoms with Crippen LogP contribution in [0.15, 0.2) is 24.3 Å². The number of carbonyl (C=O) groups excluding carboxylic acids is 2. The van der Waals surface area contributed by atoms with Crippen molar-refractivity contribution in [3.63, 3.8) is 0 Å². The number of amides is 1. The Morgan fingerprint density at radius 1 is 1.11 bits per heavy atom. The number of esters is 1. The van der Waals surface area contributed by atoms with Gasteiger partial charge in [-0.25, -0.2) is 4.39 Å². The minimum absolute atomic E-state index is 0.0202. The normalized spacial score (nSPS) is 33.6. The summed E-state index contributed by atoms with van der Waals surface area (Å²) in [7, 11) is 0. The van der Waals surface area contributed by atoms with Crippen LogP contribution in [0.1, 0.15) is 45.4 Å². The molecule has 4 aliphatic rings. The third-order valence-electron chi connectivity index (χ3n) is 6.33. The first-order valence-electron chi connectivity index (χ1n) is 9.73. The molecule has 0 heterocycles. The molecule has 4 fully saturated rings. The first-order chi connectivity index (χ1) is 12.9. The molecule has 5 nitrogen and oxygen atoms in total. The first-order valence-corrected chi connectivity index (χ1v) is 9.73. The van der Waals surface area contributed by atoms with Gasteiger partial charge in [0.05, 0.1) is 5.41 Å². The summed E-state index contributed by atoms with van der Waals surface area (Å²) in [5.74, 6) is 1.03. The number of hydrogen-bond acceptors (Lipinski definition) is 4. The maximum absolute atomic E-state index is 12.9. The SMILES string of the molecule is CC(=O)NC12CC3CC(C1)CC(C(=O)OCCOc1ccc(F)cc1)(C3)C2. The average molecular weight is 375 g/mol. The Bertz CT molecular complexity index is 718. The Morgan fingerprint density at radius 2 is 1.78 bits per heavy atom. The summed E-state index contributed by atoms with van der Waals surface area (Å²) in [6.07, 6.45) is 5.52. The number of halogens is 1. The number of nitrogens with one attached hydrogen (secondary N) is 1. The van der Waals surface area contributed by atoms with Crippen LogP contribution < -0.4 is 10.1 Å². The fourth-order valence-corrected chi connectivity index (χ4v) is 6.00. The molecule has 4 bridgehead atoms. The molecule has 4 saturated carbocycles. The van der Waals surface area contributed by atoms with E-state index >= 15 is 0 Å². The van der Waals surface area contributed by atoms with Gasteiger partial charge < -0.3 is 14.8 Å². The lowest BCUT2D eigenvalue weighted by Gasteiger charge is -2.60. The summed E-state index contributed by atoms with van der Waals surface area (Å²) in [6, 6.07) is 5.76. The topological polar surface area (TPSA) is 64.6 Å². The highest BCUT2D eigenvalue weighted by Crippen LogP contribution is 2.62. The van der Waals surface area contributed by atoms with E-state index in [9.17, 15) is 14.0 Å². The standard InChI is InChI=1S/C21H26FNO4/c1-14(24)23-21-11-15-8-16(12-21)10-20(9-15,13-21)19(25)27-7-6-26-18-4-2-17(22)3-5-18/h2-5,15-16H,6-13H2,1H3,(H,23,24). The van der Waals surface area contributed by atoms with Crippen molar-refractivity contribution >= 4 is 11.9 Å². The number of hydrogen-bond donors (Lipinski definition) is 1. The third kappa shape index (κ3) is 3.66. The number of ether oxygens (including phenoxy) is 2. The summed E-state index contributed by atoms with van der Waals surface area (Å²) >= 11 is 0. The van der Waals surface area contributed by atoms with Crippen LogP contribution >= 0.6 is 0 Å². The number of benzene rings is 1. The molecule has 2 unspecified atom stereocenters. The maximum atomic E-state index is 12.9. The predicted octanol–water partition coefficient (Wildman–Crippen LogP) is 3.22. The fraction of sp³-hybridized carbons (Fsp3) is 0.619. The highest BCUT2D eigenvalue weighted by Gasteiger charge is 2.61. The molecular weight excluding hydrogens is 349 g/mol. The van der Waals surface area contributed by atoms with Crippen molar-refractivity contribution in [1.82, 2.24) is 5.32 Å². The summed E-state index contributed by atoms with van der Waals surface area (Å²) in [6.45, 7) is 1.95. The van der Waals surface area contributed by atoms with Crippen molar-refractivity contribution in [2.75, 3.05) is 13.2 Å². The zero-order chi connectivity index (χ0) is 19.1. The number of carbonyl (C=O) groups is 2. The molecule has 1 N–H and O–H groups in total. The molecule has 0 saturated heterocycles. The van der Waals surface area contributed by atoms with Crippen LogP contribution in [0.25, 0.3) is 0 Å². The minimum atomic E-state index is -0.470. The average Bonchev–Trinajstić information content (AvgIpc) is 2.57. The molecule has 0 radical (unpaired) electrons. The summed E-state index contributed by atoms with van der Waals surface area (Å²) in [5, 5.41) is 3.16. The van der Waals surface area contributed by atoms with Gasteiger partial charge >= 0.3 is 5.97 Å². The maximum Gasteiger partial charge on any atom is 0.312 e. The highest BCUT2D eigenvalue weighted by molar-refractivity contribution is 5.79. The minimum Gasteiger partial charge on any atom is -0.490 e. The lowest BCUT2D eigenvalue weighted by Crippen LogP contribution is -2.64. The van der Waals surface area contributed by atoms with Crippen LogP contribution in [0.4, 0.5) is 4.39 Å². The van der Waals surface area contributed by atoms with Crippen LogP contribution in [0.3, 0.4) is 0 Å². The lowest BCUT2D eigenvalue weighted by molar-refractivity contribution is -0.176. The molecule has 5 rings (SSSR count). The second-order valence-corrected chi connectivity index (χ2v) is 8.64. The molecule has 2 atom stereocenters. The van der Waals surface area contributed by atoms with E-state index in [1.54, 1.807) is 19.1 Å². The lowest BCUT2D eigenvalue weighted by atomic mass is 9.47. The van der Waals surface area contributed by atoms with E-state index in [2.05, 4.69) is 5.32 Å². The van der Waals surface area contributed by atoms with Gasteiger partial charge in [-0.3, -0.25) is 9.59 Å². The quantitative estimate of drug-likeness (QED) is 0.612. The van der Waals surface area contributed by atoms with Gasteiger partial charge in [-0.05, 0) is 74.6 Å². The van der Waals surface area contributed by atoms with Crippen molar-refractivity contribution in [3.05, 3.63) is 30.1 Å². The second-order valence-electron chi connectivity index (χ2n) is 8.64. The Hall–Kier alpha value is -2.11. The summed E-state index contributed by atoms with van der Waals surface area (Å²) in [4.78, 5) is 24.6. The Kier molecular flexibility index (Phi) is 4.60. The van der Waals surface area contributed by atoms with Gasteiger partial charge in [-0.15, -0.1) is 0 Å². The van der Waals surface area contributed by atoms with Crippen molar-refractivity contribution in [3.8, 4) is 5.75 Å². The van der Waals surface area contributed by atoms with Crippen LogP contribution in [0.5, 0.6) is 5.75 Å². The van der Waals surface area contributed by atoms with Gasteiger partial charge in [-0.2, -0.15) is 0 Å². The largest absolute Gasteiger partial charge is 0.490 e. The Morgan fingerprint density at radius 3 is 2.41 bits per heavy atom. The molecule has 6 heteroatoms. The number of rotatable bonds is 6. The van der Waals surface area contributed by atoms with E-state index in [1.807, 2.05) is 0 Å². The second kappa shape index (κ2) is 6.80. The van der Waals surface area contributed by atoms with Crippen LogP contribution in [-0.2, 0) is 14.3 Å². The zero-order valence-electron chi connectivity index (χ0n) is 15.6. The Balaban J connectivity index is 1.35. The molecular formula is C21H26FNO4. The van der Waals surface area contributed by atoms with E-state index in [1.165, 1.54) is 12.1 Å². The van der Waals surface area contributed by atoms with Gasteiger partial charge in [-0.1, -0.05) is 0 Å². The van der Waals surface area contributed by atoms with Crippen LogP contribution in [-0.4, -0.2) is 30.6 Å². The molecule has 1 aromatic rings. The van der Waals surface area contributed by atoms with Gasteiger partial charge in [0.15, 0.2) is 0 Å². The monoisotopic (exact) mass is 375 g/mol. The highest BCUT2D eigenvalue weighted by atomic mass is 19.1. The van der Waals surface area contributed by atoms with Gasteiger partial charge in [0, 0.05) is 12.5 Å². The van der Waals surface area contributed by atoms with Gasteiger partial charge in [0.1, 0.15) is 24.8 Å². The van der Waals surface area contributed by atoms with E-state index in [0.29, 0.717) is 24.0 Å². The summed E-state index contributed by atoms with van der Waals surface area (Å²) in [5.41, 5.74) is -0.706. The molecule has 0 spiro atoms. The molecule has 0 aromatic heterocycles. The van der Waals surface area contributed by atoms with E-state index < -0.39 is 5.41 Å².